The lowest BCUT2D eigenvalue weighted by atomic mass is 9.99. The van der Waals surface area contributed by atoms with Gasteiger partial charge in [-0.25, -0.2) is 4.98 Å². The molecule has 0 saturated heterocycles. The number of nitrogens with zero attached hydrogens (tertiary/aromatic N) is 1. The number of aryl methyl sites for hydroxylation is 1. The minimum Gasteiger partial charge on any atom is -0.326 e. The van der Waals surface area contributed by atoms with Crippen LogP contribution in [-0.2, 0) is 6.42 Å². The fraction of sp³-hybridized carbons (Fsp3) is 0.400. The lowest BCUT2D eigenvalue weighted by Crippen LogP contribution is -2.31. The smallest absolute Gasteiger partial charge is 0.0932 e. The minimum atomic E-state index is -0.0808. The summed E-state index contributed by atoms with van der Waals surface area (Å²) in [5, 5.41) is 3.32. The van der Waals surface area contributed by atoms with Gasteiger partial charge in [0.2, 0.25) is 0 Å². The van der Waals surface area contributed by atoms with Crippen LogP contribution in [-0.4, -0.2) is 10.5 Å². The second-order valence-corrected chi connectivity index (χ2v) is 7.25. The molecule has 0 aliphatic carbocycles. The summed E-state index contributed by atoms with van der Waals surface area (Å²) in [5.41, 5.74) is 8.12. The summed E-state index contributed by atoms with van der Waals surface area (Å²) in [4.78, 5) is 4.71. The molecule has 2 aromatic rings. The highest BCUT2D eigenvalue weighted by atomic mass is 79.9. The lowest BCUT2D eigenvalue weighted by Gasteiger charge is -2.17. The van der Waals surface area contributed by atoms with Gasteiger partial charge in [0.25, 0.3) is 0 Å². The van der Waals surface area contributed by atoms with Crippen molar-refractivity contribution in [2.45, 2.75) is 38.6 Å². The molecule has 4 heteroatoms. The van der Waals surface area contributed by atoms with Crippen LogP contribution in [0, 0.1) is 0 Å². The first-order valence-electron chi connectivity index (χ1n) is 6.44. The molecule has 0 radical (unpaired) electrons. The van der Waals surface area contributed by atoms with Crippen molar-refractivity contribution in [2.24, 2.45) is 5.73 Å². The largest absolute Gasteiger partial charge is 0.326 e. The highest BCUT2D eigenvalue weighted by molar-refractivity contribution is 9.10. The molecule has 0 bridgehead atoms. The quantitative estimate of drug-likeness (QED) is 0.862. The van der Waals surface area contributed by atoms with E-state index >= 15 is 0 Å². The summed E-state index contributed by atoms with van der Waals surface area (Å²) in [6, 6.07) is 8.19. The topological polar surface area (TPSA) is 38.9 Å². The molecule has 1 aromatic heterocycles. The van der Waals surface area contributed by atoms with E-state index in [1.54, 1.807) is 11.3 Å². The Kier molecular flexibility index (Phi) is 4.76. The molecule has 0 fully saturated rings. The fourth-order valence-corrected chi connectivity index (χ4v) is 3.24. The van der Waals surface area contributed by atoms with E-state index in [4.69, 9.17) is 10.7 Å². The molecule has 19 heavy (non-hydrogen) atoms. The molecule has 0 atom stereocenters. The van der Waals surface area contributed by atoms with E-state index in [1.165, 1.54) is 5.01 Å². The van der Waals surface area contributed by atoms with Crippen molar-refractivity contribution in [2.75, 3.05) is 0 Å². The maximum absolute atomic E-state index is 5.99. The summed E-state index contributed by atoms with van der Waals surface area (Å²) in [7, 11) is 0. The summed E-state index contributed by atoms with van der Waals surface area (Å²) in [6.07, 6.45) is 3.12. The molecular weight excluding hydrogens is 320 g/mol. The van der Waals surface area contributed by atoms with Gasteiger partial charge in [0.1, 0.15) is 0 Å². The van der Waals surface area contributed by atoms with E-state index in [9.17, 15) is 0 Å². The summed E-state index contributed by atoms with van der Waals surface area (Å²) >= 11 is 5.30. The Morgan fingerprint density at radius 1 is 1.32 bits per heavy atom. The SMILES string of the molecule is CC(C)(N)CCCc1nc(-c2ccccc2Br)cs1. The third kappa shape index (κ3) is 4.41. The molecule has 0 unspecified atom stereocenters. The van der Waals surface area contributed by atoms with Crippen LogP contribution in [0.2, 0.25) is 0 Å². The number of hydrogen-bond acceptors (Lipinski definition) is 3. The lowest BCUT2D eigenvalue weighted by molar-refractivity contribution is 0.459. The van der Waals surface area contributed by atoms with Crippen molar-refractivity contribution in [1.29, 1.82) is 0 Å². The third-order valence-corrected chi connectivity index (χ3v) is 4.51. The Balaban J connectivity index is 2.02. The zero-order valence-corrected chi connectivity index (χ0v) is 13.7. The Labute approximate surface area is 127 Å². The van der Waals surface area contributed by atoms with Crippen LogP contribution in [0.15, 0.2) is 34.1 Å². The molecule has 1 heterocycles. The Bertz CT molecular complexity index is 543. The minimum absolute atomic E-state index is 0.0808. The van der Waals surface area contributed by atoms with Crippen LogP contribution in [0.25, 0.3) is 11.3 Å². The van der Waals surface area contributed by atoms with E-state index < -0.39 is 0 Å². The molecule has 0 amide bonds. The van der Waals surface area contributed by atoms with Gasteiger partial charge in [0.15, 0.2) is 0 Å². The van der Waals surface area contributed by atoms with Crippen molar-refractivity contribution in [3.05, 3.63) is 39.1 Å². The molecule has 0 aliphatic heterocycles. The third-order valence-electron chi connectivity index (χ3n) is 2.91. The number of nitrogens with two attached hydrogens (primary N) is 1. The van der Waals surface area contributed by atoms with Gasteiger partial charge in [0, 0.05) is 21.0 Å². The zero-order chi connectivity index (χ0) is 13.9. The van der Waals surface area contributed by atoms with E-state index in [-0.39, 0.29) is 5.54 Å². The van der Waals surface area contributed by atoms with Crippen LogP contribution in [0.1, 0.15) is 31.7 Å². The van der Waals surface area contributed by atoms with Crippen molar-refractivity contribution in [3.8, 4) is 11.3 Å². The summed E-state index contributed by atoms with van der Waals surface area (Å²) < 4.78 is 1.09. The average molecular weight is 339 g/mol. The second-order valence-electron chi connectivity index (χ2n) is 5.45. The number of rotatable bonds is 5. The average Bonchev–Trinajstić information content (AvgIpc) is 2.76. The number of halogens is 1. The van der Waals surface area contributed by atoms with Gasteiger partial charge >= 0.3 is 0 Å². The maximum atomic E-state index is 5.99. The zero-order valence-electron chi connectivity index (χ0n) is 11.3. The van der Waals surface area contributed by atoms with Crippen LogP contribution >= 0.6 is 27.3 Å². The van der Waals surface area contributed by atoms with Crippen molar-refractivity contribution < 1.29 is 0 Å². The number of benzene rings is 1. The standard InChI is InChI=1S/C15H19BrN2S/c1-15(2,17)9-5-8-14-18-13(10-19-14)11-6-3-4-7-12(11)16/h3-4,6-7,10H,5,8-9,17H2,1-2H3. The van der Waals surface area contributed by atoms with E-state index in [2.05, 4.69) is 41.2 Å². The van der Waals surface area contributed by atoms with Crippen molar-refractivity contribution in [3.63, 3.8) is 0 Å². The molecule has 0 saturated carbocycles. The van der Waals surface area contributed by atoms with Crippen LogP contribution in [0.3, 0.4) is 0 Å². The highest BCUT2D eigenvalue weighted by Crippen LogP contribution is 2.29. The van der Waals surface area contributed by atoms with Gasteiger partial charge in [-0.15, -0.1) is 11.3 Å². The predicted octanol–water partition coefficient (Wildman–Crippen LogP) is 4.63. The first-order chi connectivity index (χ1) is 8.96. The van der Waals surface area contributed by atoms with Crippen LogP contribution in [0.4, 0.5) is 0 Å². The van der Waals surface area contributed by atoms with Gasteiger partial charge in [-0.05, 0) is 39.2 Å². The Morgan fingerprint density at radius 2 is 2.05 bits per heavy atom. The van der Waals surface area contributed by atoms with Crippen LogP contribution < -0.4 is 5.73 Å². The van der Waals surface area contributed by atoms with E-state index in [0.717, 1.165) is 35.0 Å². The molecular formula is C15H19BrN2S. The van der Waals surface area contributed by atoms with Crippen molar-refractivity contribution >= 4 is 27.3 Å². The fourth-order valence-electron chi connectivity index (χ4n) is 1.91. The number of aromatic nitrogens is 1. The van der Waals surface area contributed by atoms with Gasteiger partial charge in [-0.1, -0.05) is 34.1 Å². The maximum Gasteiger partial charge on any atom is 0.0932 e. The molecule has 2 rings (SSSR count). The number of hydrogen-bond donors (Lipinski definition) is 1. The molecule has 0 spiro atoms. The summed E-state index contributed by atoms with van der Waals surface area (Å²) in [6.45, 7) is 4.14. The van der Waals surface area contributed by atoms with Gasteiger partial charge in [-0.3, -0.25) is 0 Å². The predicted molar refractivity (Wildman–Crippen MR) is 86.5 cm³/mol. The molecule has 1 aromatic carbocycles. The highest BCUT2D eigenvalue weighted by Gasteiger charge is 2.11. The van der Waals surface area contributed by atoms with Gasteiger partial charge in [-0.2, -0.15) is 0 Å². The van der Waals surface area contributed by atoms with Gasteiger partial charge in [0.05, 0.1) is 10.7 Å². The second kappa shape index (κ2) is 6.16. The first kappa shape index (κ1) is 14.7. The van der Waals surface area contributed by atoms with Crippen LogP contribution in [0.5, 0.6) is 0 Å². The molecule has 2 N–H and O–H groups in total. The molecule has 2 nitrogen and oxygen atoms in total. The molecule has 0 aliphatic rings. The normalized spacial score (nSPS) is 11.8. The van der Waals surface area contributed by atoms with Gasteiger partial charge < -0.3 is 5.73 Å². The number of thiazole rings is 1. The van der Waals surface area contributed by atoms with Crippen molar-refractivity contribution in [1.82, 2.24) is 4.98 Å². The van der Waals surface area contributed by atoms with E-state index in [1.807, 2.05) is 18.2 Å². The summed E-state index contributed by atoms with van der Waals surface area (Å²) in [5.74, 6) is 0. The molecule has 102 valence electrons. The monoisotopic (exact) mass is 338 g/mol. The Hall–Kier alpha value is -0.710. The first-order valence-corrected chi connectivity index (χ1v) is 8.11. The van der Waals surface area contributed by atoms with E-state index in [0.29, 0.717) is 0 Å². The Morgan fingerprint density at radius 3 is 2.74 bits per heavy atom.